The molecule has 0 radical (unpaired) electrons. The van der Waals surface area contributed by atoms with Crippen molar-refractivity contribution in [3.63, 3.8) is 0 Å². The highest BCUT2D eigenvalue weighted by Crippen LogP contribution is 2.28. The molecule has 0 spiro atoms. The minimum absolute atomic E-state index is 0.0704. The predicted octanol–water partition coefficient (Wildman–Crippen LogP) is 2.60. The Balaban J connectivity index is 1.80. The Bertz CT molecular complexity index is 693. The Morgan fingerprint density at radius 3 is 2.83 bits per heavy atom. The van der Waals surface area contributed by atoms with Gasteiger partial charge in [-0.05, 0) is 37.8 Å². The smallest absolute Gasteiger partial charge is 0.152 e. The number of benzene rings is 1. The molecule has 1 heterocycles. The molecule has 2 N–H and O–H groups in total. The van der Waals surface area contributed by atoms with E-state index in [0.717, 1.165) is 36.7 Å². The van der Waals surface area contributed by atoms with E-state index in [1.165, 1.54) is 0 Å². The molecular weight excluding hydrogens is 292 g/mol. The van der Waals surface area contributed by atoms with Crippen LogP contribution in [0.3, 0.4) is 0 Å². The maximum atomic E-state index is 12.5. The predicted molar refractivity (Wildman–Crippen MR) is 88.0 cm³/mol. The molecule has 3 atom stereocenters. The molecule has 0 bridgehead atoms. The van der Waals surface area contributed by atoms with E-state index in [1.54, 1.807) is 11.5 Å². The zero-order valence-corrected chi connectivity index (χ0v) is 13.5. The topological polar surface area (TPSA) is 75.4 Å². The van der Waals surface area contributed by atoms with E-state index >= 15 is 0 Å². The number of aliphatic hydroxyl groups is 2. The normalized spacial score (nSPS) is 23.1. The van der Waals surface area contributed by atoms with Gasteiger partial charge in [0.1, 0.15) is 11.9 Å². The van der Waals surface area contributed by atoms with E-state index in [0.29, 0.717) is 12.2 Å². The molecule has 1 aliphatic rings. The van der Waals surface area contributed by atoms with Gasteiger partial charge in [-0.2, -0.15) is 0 Å². The Morgan fingerprint density at radius 2 is 2.09 bits per heavy atom. The van der Waals surface area contributed by atoms with Crippen molar-refractivity contribution in [2.45, 2.75) is 57.8 Å². The van der Waals surface area contributed by atoms with Gasteiger partial charge < -0.3 is 14.8 Å². The number of fused-ring (bicyclic) bond motifs is 1. The van der Waals surface area contributed by atoms with Crippen molar-refractivity contribution in [1.82, 2.24) is 9.55 Å². The zero-order chi connectivity index (χ0) is 16.4. The molecule has 1 fully saturated rings. The summed E-state index contributed by atoms with van der Waals surface area (Å²) in [5, 5.41) is 20.0. The zero-order valence-electron chi connectivity index (χ0n) is 13.5. The van der Waals surface area contributed by atoms with Gasteiger partial charge in [0.2, 0.25) is 0 Å². The molecule has 1 aliphatic carbocycles. The van der Waals surface area contributed by atoms with E-state index in [1.807, 2.05) is 24.3 Å². The molecule has 1 saturated carbocycles. The van der Waals surface area contributed by atoms with Crippen molar-refractivity contribution in [3.8, 4) is 0 Å². The SMILES string of the molecule is C[C@@H](O)c1nc2ccccc2n1CC(=O)C[C@H]1CCCC[C@@H]1O. The lowest BCUT2D eigenvalue weighted by molar-refractivity contribution is -0.122. The Kier molecular flexibility index (Phi) is 4.78. The summed E-state index contributed by atoms with van der Waals surface area (Å²) in [6, 6.07) is 7.59. The van der Waals surface area contributed by atoms with Crippen molar-refractivity contribution in [2.75, 3.05) is 0 Å². The summed E-state index contributed by atoms with van der Waals surface area (Å²) < 4.78 is 1.80. The summed E-state index contributed by atoms with van der Waals surface area (Å²) in [5.41, 5.74) is 1.65. The number of nitrogens with zero attached hydrogens (tertiary/aromatic N) is 2. The molecule has 0 saturated heterocycles. The second-order valence-electron chi connectivity index (χ2n) is 6.58. The van der Waals surface area contributed by atoms with Crippen LogP contribution in [-0.2, 0) is 11.3 Å². The maximum absolute atomic E-state index is 12.5. The van der Waals surface area contributed by atoms with Crippen molar-refractivity contribution < 1.29 is 15.0 Å². The summed E-state index contributed by atoms with van der Waals surface area (Å²) in [6.07, 6.45) is 3.16. The van der Waals surface area contributed by atoms with Gasteiger partial charge in [-0.15, -0.1) is 0 Å². The highest BCUT2D eigenvalue weighted by Gasteiger charge is 2.26. The minimum atomic E-state index is -0.726. The molecule has 2 aromatic rings. The Hall–Kier alpha value is -1.72. The maximum Gasteiger partial charge on any atom is 0.152 e. The van der Waals surface area contributed by atoms with Gasteiger partial charge in [-0.1, -0.05) is 25.0 Å². The highest BCUT2D eigenvalue weighted by molar-refractivity contribution is 5.82. The van der Waals surface area contributed by atoms with Gasteiger partial charge in [-0.25, -0.2) is 4.98 Å². The average molecular weight is 316 g/mol. The van der Waals surface area contributed by atoms with Crippen molar-refractivity contribution in [3.05, 3.63) is 30.1 Å². The second kappa shape index (κ2) is 6.81. The fourth-order valence-corrected chi connectivity index (χ4v) is 3.54. The number of Topliss-reactive ketones (excluding diaryl/α,β-unsaturated/α-hetero) is 1. The van der Waals surface area contributed by atoms with Crippen LogP contribution < -0.4 is 0 Å². The molecule has 1 aromatic heterocycles. The Labute approximate surface area is 136 Å². The molecule has 124 valence electrons. The van der Waals surface area contributed by atoms with E-state index in [2.05, 4.69) is 4.98 Å². The lowest BCUT2D eigenvalue weighted by Gasteiger charge is -2.27. The van der Waals surface area contributed by atoms with Crippen molar-refractivity contribution in [1.29, 1.82) is 0 Å². The van der Waals surface area contributed by atoms with E-state index in [-0.39, 0.29) is 24.3 Å². The molecule has 1 aromatic carbocycles. The van der Waals surface area contributed by atoms with Gasteiger partial charge in [0.05, 0.1) is 23.7 Å². The number of para-hydroxylation sites is 2. The fraction of sp³-hybridized carbons (Fsp3) is 0.556. The third kappa shape index (κ3) is 3.46. The number of ketones is 1. The summed E-state index contributed by atoms with van der Waals surface area (Å²) in [4.78, 5) is 16.9. The van der Waals surface area contributed by atoms with Gasteiger partial charge >= 0.3 is 0 Å². The molecule has 5 nitrogen and oxygen atoms in total. The summed E-state index contributed by atoms with van der Waals surface area (Å²) in [7, 11) is 0. The van der Waals surface area contributed by atoms with Crippen LogP contribution in [-0.4, -0.2) is 31.7 Å². The molecule has 5 heteroatoms. The standard InChI is InChI=1S/C18H24N2O3/c1-12(21)18-19-15-7-3-4-8-16(15)20(18)11-14(22)10-13-6-2-5-9-17(13)23/h3-4,7-8,12-13,17,21,23H,2,5-6,9-11H2,1H3/t12-,13-,17+/m1/s1. The van der Waals surface area contributed by atoms with Gasteiger partial charge in [0.25, 0.3) is 0 Å². The van der Waals surface area contributed by atoms with E-state index in [4.69, 9.17) is 0 Å². The first kappa shape index (κ1) is 16.1. The first-order chi connectivity index (χ1) is 11.1. The van der Waals surface area contributed by atoms with E-state index < -0.39 is 6.10 Å². The largest absolute Gasteiger partial charge is 0.393 e. The number of aliphatic hydroxyl groups excluding tert-OH is 2. The quantitative estimate of drug-likeness (QED) is 0.889. The third-order valence-electron chi connectivity index (χ3n) is 4.75. The summed E-state index contributed by atoms with van der Waals surface area (Å²) in [5.74, 6) is 0.672. The van der Waals surface area contributed by atoms with Crippen LogP contribution in [0.1, 0.15) is 51.0 Å². The van der Waals surface area contributed by atoms with Crippen LogP contribution in [0.5, 0.6) is 0 Å². The first-order valence-electron chi connectivity index (χ1n) is 8.39. The molecule has 0 aliphatic heterocycles. The van der Waals surface area contributed by atoms with E-state index in [9.17, 15) is 15.0 Å². The van der Waals surface area contributed by atoms with Crippen LogP contribution in [0.2, 0.25) is 0 Å². The lowest BCUT2D eigenvalue weighted by atomic mass is 9.83. The number of imidazole rings is 1. The van der Waals surface area contributed by atoms with Crippen LogP contribution in [0.4, 0.5) is 0 Å². The van der Waals surface area contributed by atoms with Crippen molar-refractivity contribution in [2.24, 2.45) is 5.92 Å². The summed E-state index contributed by atoms with van der Waals surface area (Å²) in [6.45, 7) is 1.86. The van der Waals surface area contributed by atoms with Crippen LogP contribution in [0.15, 0.2) is 24.3 Å². The first-order valence-corrected chi connectivity index (χ1v) is 8.39. The third-order valence-corrected chi connectivity index (χ3v) is 4.75. The number of carbonyl (C=O) groups is 1. The summed E-state index contributed by atoms with van der Waals surface area (Å²) >= 11 is 0. The number of hydrogen-bond donors (Lipinski definition) is 2. The molecule has 0 amide bonds. The number of hydrogen-bond acceptors (Lipinski definition) is 4. The number of rotatable bonds is 5. The number of aromatic nitrogens is 2. The van der Waals surface area contributed by atoms with Gasteiger partial charge in [0.15, 0.2) is 5.78 Å². The monoisotopic (exact) mass is 316 g/mol. The highest BCUT2D eigenvalue weighted by atomic mass is 16.3. The van der Waals surface area contributed by atoms with Gasteiger partial charge in [-0.3, -0.25) is 4.79 Å². The number of carbonyl (C=O) groups excluding carboxylic acids is 1. The molecule has 0 unspecified atom stereocenters. The molecule has 3 rings (SSSR count). The van der Waals surface area contributed by atoms with Crippen LogP contribution >= 0.6 is 0 Å². The van der Waals surface area contributed by atoms with Gasteiger partial charge in [0, 0.05) is 6.42 Å². The molecule has 23 heavy (non-hydrogen) atoms. The minimum Gasteiger partial charge on any atom is -0.393 e. The van der Waals surface area contributed by atoms with Crippen molar-refractivity contribution >= 4 is 16.8 Å². The van der Waals surface area contributed by atoms with Crippen LogP contribution in [0.25, 0.3) is 11.0 Å². The Morgan fingerprint density at radius 1 is 1.35 bits per heavy atom. The van der Waals surface area contributed by atoms with Crippen LogP contribution in [0, 0.1) is 5.92 Å². The molecular formula is C18H24N2O3. The lowest BCUT2D eigenvalue weighted by Crippen LogP contribution is -2.28. The fourth-order valence-electron chi connectivity index (χ4n) is 3.54. The second-order valence-corrected chi connectivity index (χ2v) is 6.58. The average Bonchev–Trinajstić information content (AvgIpc) is 2.89.